The van der Waals surface area contributed by atoms with Crippen molar-refractivity contribution in [3.8, 4) is 0 Å². The minimum atomic E-state index is -0.336. The topological polar surface area (TPSA) is 51.2 Å². The fourth-order valence-corrected chi connectivity index (χ4v) is 1.51. The quantitative estimate of drug-likeness (QED) is 0.553. The molecule has 0 aromatic heterocycles. The van der Waals surface area contributed by atoms with E-state index in [1.807, 2.05) is 18.2 Å². The van der Waals surface area contributed by atoms with Gasteiger partial charge in [0.05, 0.1) is 17.8 Å². The van der Waals surface area contributed by atoms with E-state index >= 15 is 0 Å². The average molecular weight is 223 g/mol. The zero-order valence-electron chi connectivity index (χ0n) is 8.56. The van der Waals surface area contributed by atoms with Crippen molar-refractivity contribution in [1.82, 2.24) is 4.31 Å². The number of rotatable bonds is 5. The molecule has 0 saturated carbocycles. The Bertz CT molecular complexity index is 161. The van der Waals surface area contributed by atoms with Crippen molar-refractivity contribution in [1.29, 1.82) is 0 Å². The van der Waals surface area contributed by atoms with Gasteiger partial charge >= 0.3 is 0 Å². The Hall–Kier alpha value is 0.150. The van der Waals surface area contributed by atoms with Crippen LogP contribution in [0.15, 0.2) is 0 Å². The molecular formula is C8H17NO4S. The molecule has 0 amide bonds. The minimum Gasteiger partial charge on any atom is -0.396 e. The van der Waals surface area contributed by atoms with E-state index < -0.39 is 0 Å². The summed E-state index contributed by atoms with van der Waals surface area (Å²) in [6.45, 7) is 5.33. The molecule has 0 aromatic carbocycles. The van der Waals surface area contributed by atoms with Crippen molar-refractivity contribution in [2.24, 2.45) is 0 Å². The fourth-order valence-electron chi connectivity index (χ4n) is 0.882. The Morgan fingerprint density at radius 3 is 2.64 bits per heavy atom. The highest BCUT2D eigenvalue weighted by Crippen LogP contribution is 2.24. The standard InChI is InChI=1S/C8H17NO4S/c1-8(2,3-4-10)13-14-9-5-11-7-12-6-9/h10H,3-7H2,1-2H3. The summed E-state index contributed by atoms with van der Waals surface area (Å²) in [5.41, 5.74) is -0.336. The van der Waals surface area contributed by atoms with Crippen LogP contribution in [-0.4, -0.2) is 41.9 Å². The maximum Gasteiger partial charge on any atom is 0.150 e. The molecule has 1 fully saturated rings. The monoisotopic (exact) mass is 223 g/mol. The Morgan fingerprint density at radius 1 is 1.43 bits per heavy atom. The third-order valence-corrected chi connectivity index (χ3v) is 2.67. The van der Waals surface area contributed by atoms with Crippen LogP contribution >= 0.6 is 12.2 Å². The van der Waals surface area contributed by atoms with Gasteiger partial charge in [-0.05, 0) is 13.8 Å². The lowest BCUT2D eigenvalue weighted by Gasteiger charge is -2.29. The number of hydrogen-bond donors (Lipinski definition) is 1. The van der Waals surface area contributed by atoms with E-state index in [2.05, 4.69) is 0 Å². The van der Waals surface area contributed by atoms with E-state index in [-0.39, 0.29) is 12.2 Å². The summed E-state index contributed by atoms with van der Waals surface area (Å²) in [7, 11) is 0. The molecule has 1 N–H and O–H groups in total. The molecule has 1 aliphatic heterocycles. The molecule has 0 atom stereocenters. The summed E-state index contributed by atoms with van der Waals surface area (Å²) in [4.78, 5) is 0. The summed E-state index contributed by atoms with van der Waals surface area (Å²) in [5.74, 6) is 0. The van der Waals surface area contributed by atoms with Crippen molar-refractivity contribution in [3.63, 3.8) is 0 Å². The largest absolute Gasteiger partial charge is 0.396 e. The van der Waals surface area contributed by atoms with Crippen LogP contribution in [0.4, 0.5) is 0 Å². The number of aliphatic hydroxyl groups is 1. The summed E-state index contributed by atoms with van der Waals surface area (Å²) in [6, 6.07) is 0. The van der Waals surface area contributed by atoms with E-state index in [1.165, 1.54) is 12.2 Å². The minimum absolute atomic E-state index is 0.126. The molecule has 84 valence electrons. The van der Waals surface area contributed by atoms with Crippen molar-refractivity contribution in [2.45, 2.75) is 25.9 Å². The van der Waals surface area contributed by atoms with Crippen molar-refractivity contribution in [2.75, 3.05) is 26.9 Å². The molecule has 0 spiro atoms. The van der Waals surface area contributed by atoms with Gasteiger partial charge in [-0.25, -0.2) is 0 Å². The summed E-state index contributed by atoms with van der Waals surface area (Å²) in [5, 5.41) is 8.79. The van der Waals surface area contributed by atoms with Gasteiger partial charge in [0.15, 0.2) is 0 Å². The molecular weight excluding hydrogens is 206 g/mol. The van der Waals surface area contributed by atoms with Gasteiger partial charge in [0.2, 0.25) is 0 Å². The SMILES string of the molecule is CC(C)(CCO)OSN1COCOC1. The van der Waals surface area contributed by atoms with Crippen LogP contribution in [0.1, 0.15) is 20.3 Å². The van der Waals surface area contributed by atoms with Crippen LogP contribution in [0.2, 0.25) is 0 Å². The molecule has 1 rings (SSSR count). The second kappa shape index (κ2) is 5.89. The summed E-state index contributed by atoms with van der Waals surface area (Å²) >= 11 is 1.22. The first-order chi connectivity index (χ1) is 6.64. The molecule has 1 saturated heterocycles. The van der Waals surface area contributed by atoms with Gasteiger partial charge in [-0.15, -0.1) is 0 Å². The van der Waals surface area contributed by atoms with E-state index in [0.29, 0.717) is 26.7 Å². The zero-order valence-corrected chi connectivity index (χ0v) is 9.38. The molecule has 0 aromatic rings. The van der Waals surface area contributed by atoms with Crippen LogP contribution in [0.25, 0.3) is 0 Å². The first kappa shape index (κ1) is 12.2. The molecule has 6 heteroatoms. The van der Waals surface area contributed by atoms with Gasteiger partial charge in [-0.1, -0.05) is 0 Å². The Morgan fingerprint density at radius 2 is 2.07 bits per heavy atom. The highest BCUT2D eigenvalue weighted by Gasteiger charge is 2.21. The lowest BCUT2D eigenvalue weighted by Crippen LogP contribution is -2.32. The number of hydrogen-bond acceptors (Lipinski definition) is 6. The van der Waals surface area contributed by atoms with Crippen LogP contribution < -0.4 is 0 Å². The number of ether oxygens (including phenoxy) is 2. The van der Waals surface area contributed by atoms with Crippen molar-refractivity contribution < 1.29 is 18.8 Å². The lowest BCUT2D eigenvalue weighted by atomic mass is 10.1. The lowest BCUT2D eigenvalue weighted by molar-refractivity contribution is -0.153. The molecule has 0 radical (unpaired) electrons. The van der Waals surface area contributed by atoms with Gasteiger partial charge in [0.1, 0.15) is 20.3 Å². The highest BCUT2D eigenvalue weighted by atomic mass is 32.2. The van der Waals surface area contributed by atoms with Crippen molar-refractivity contribution >= 4 is 12.2 Å². The van der Waals surface area contributed by atoms with E-state index in [0.717, 1.165) is 0 Å². The summed E-state index contributed by atoms with van der Waals surface area (Å²) in [6.07, 6.45) is 0.607. The highest BCUT2D eigenvalue weighted by molar-refractivity contribution is 7.92. The molecule has 0 unspecified atom stereocenters. The second-order valence-corrected chi connectivity index (χ2v) is 4.49. The fraction of sp³-hybridized carbons (Fsp3) is 1.00. The van der Waals surface area contributed by atoms with Gasteiger partial charge < -0.3 is 14.6 Å². The maximum absolute atomic E-state index is 8.79. The van der Waals surface area contributed by atoms with Crippen LogP contribution in [0.3, 0.4) is 0 Å². The molecule has 5 nitrogen and oxygen atoms in total. The summed E-state index contributed by atoms with van der Waals surface area (Å²) < 4.78 is 17.5. The first-order valence-electron chi connectivity index (χ1n) is 4.51. The van der Waals surface area contributed by atoms with E-state index in [9.17, 15) is 0 Å². The van der Waals surface area contributed by atoms with E-state index in [1.54, 1.807) is 0 Å². The first-order valence-corrected chi connectivity index (χ1v) is 5.21. The predicted octanol–water partition coefficient (Wildman–Crippen LogP) is 0.949. The molecule has 1 heterocycles. The third-order valence-electron chi connectivity index (χ3n) is 1.72. The van der Waals surface area contributed by atoms with Gasteiger partial charge in [-0.2, -0.15) is 4.31 Å². The maximum atomic E-state index is 8.79. The normalized spacial score (nSPS) is 19.9. The van der Waals surface area contributed by atoms with Crippen LogP contribution in [0.5, 0.6) is 0 Å². The van der Waals surface area contributed by atoms with Crippen molar-refractivity contribution in [3.05, 3.63) is 0 Å². The number of nitrogens with zero attached hydrogens (tertiary/aromatic N) is 1. The second-order valence-electron chi connectivity index (χ2n) is 3.66. The third kappa shape index (κ3) is 4.59. The average Bonchev–Trinajstić information content (AvgIpc) is 2.17. The Labute approximate surface area is 88.7 Å². The molecule has 1 aliphatic rings. The predicted molar refractivity (Wildman–Crippen MR) is 53.1 cm³/mol. The Kier molecular flexibility index (Phi) is 5.14. The molecule has 0 bridgehead atoms. The van der Waals surface area contributed by atoms with E-state index in [4.69, 9.17) is 18.8 Å². The van der Waals surface area contributed by atoms with Gasteiger partial charge in [0, 0.05) is 13.0 Å². The zero-order chi connectivity index (χ0) is 10.4. The molecule has 0 aliphatic carbocycles. The van der Waals surface area contributed by atoms with Gasteiger partial charge in [0.25, 0.3) is 0 Å². The van der Waals surface area contributed by atoms with Crippen LogP contribution in [0, 0.1) is 0 Å². The smallest absolute Gasteiger partial charge is 0.150 e. The van der Waals surface area contributed by atoms with Crippen LogP contribution in [-0.2, 0) is 13.7 Å². The number of aliphatic hydroxyl groups excluding tert-OH is 1. The Balaban J connectivity index is 2.17. The molecule has 14 heavy (non-hydrogen) atoms. The van der Waals surface area contributed by atoms with Gasteiger partial charge in [-0.3, -0.25) is 4.18 Å².